The molecule has 3 aromatic heterocycles. The maximum atomic E-state index is 7.21. The molecule has 0 saturated heterocycles. The molecule has 0 spiro atoms. The van der Waals surface area contributed by atoms with Crippen LogP contribution in [-0.4, -0.2) is 0 Å². The largest absolute Gasteiger partial charge is 0.456 e. The van der Waals surface area contributed by atoms with Crippen molar-refractivity contribution in [2.75, 3.05) is 0 Å². The number of fused-ring (bicyclic) bond motifs is 10. The minimum atomic E-state index is 0.817. The average molecular weight is 627 g/mol. The van der Waals surface area contributed by atoms with Crippen LogP contribution >= 0.6 is 0 Å². The van der Waals surface area contributed by atoms with Crippen LogP contribution in [-0.2, 0) is 0 Å². The van der Waals surface area contributed by atoms with Gasteiger partial charge in [-0.15, -0.1) is 0 Å². The van der Waals surface area contributed by atoms with Gasteiger partial charge >= 0.3 is 0 Å². The van der Waals surface area contributed by atoms with E-state index in [-0.39, 0.29) is 0 Å². The first-order valence-corrected chi connectivity index (χ1v) is 16.6. The molecule has 0 aliphatic heterocycles. The predicted molar refractivity (Wildman–Crippen MR) is 202 cm³/mol. The smallest absolute Gasteiger partial charge is 0.147 e. The number of hydrogen-bond donors (Lipinski definition) is 0. The Balaban J connectivity index is 1.31. The zero-order valence-corrected chi connectivity index (χ0v) is 26.2. The van der Waals surface area contributed by atoms with Gasteiger partial charge in [0.25, 0.3) is 0 Å². The highest BCUT2D eigenvalue weighted by molar-refractivity contribution is 6.27. The number of rotatable bonds is 3. The van der Waals surface area contributed by atoms with Gasteiger partial charge in [0.05, 0.1) is 5.39 Å². The van der Waals surface area contributed by atoms with E-state index in [0.717, 1.165) is 110 Å². The van der Waals surface area contributed by atoms with Crippen molar-refractivity contribution in [1.82, 2.24) is 0 Å². The van der Waals surface area contributed by atoms with Gasteiger partial charge in [0.15, 0.2) is 0 Å². The van der Waals surface area contributed by atoms with Crippen molar-refractivity contribution in [3.63, 3.8) is 0 Å². The zero-order valence-electron chi connectivity index (χ0n) is 26.2. The molecule has 0 fully saturated rings. The summed E-state index contributed by atoms with van der Waals surface area (Å²) < 4.78 is 20.1. The number of furan rings is 3. The van der Waals surface area contributed by atoms with Gasteiger partial charge in [-0.2, -0.15) is 0 Å². The van der Waals surface area contributed by atoms with Crippen molar-refractivity contribution in [1.29, 1.82) is 0 Å². The van der Waals surface area contributed by atoms with E-state index in [9.17, 15) is 0 Å². The van der Waals surface area contributed by atoms with Crippen LogP contribution in [0.4, 0.5) is 0 Å². The Morgan fingerprint density at radius 1 is 0.286 bits per heavy atom. The lowest BCUT2D eigenvalue weighted by molar-refractivity contribution is 0.636. The molecule has 0 atom stereocenters. The van der Waals surface area contributed by atoms with Gasteiger partial charge in [0.2, 0.25) is 0 Å². The summed E-state index contributed by atoms with van der Waals surface area (Å²) in [6.45, 7) is 0. The fourth-order valence-corrected chi connectivity index (χ4v) is 8.04. The highest BCUT2D eigenvalue weighted by Crippen LogP contribution is 2.51. The molecule has 3 heteroatoms. The highest BCUT2D eigenvalue weighted by Gasteiger charge is 2.26. The first-order valence-electron chi connectivity index (χ1n) is 16.6. The molecule has 0 saturated carbocycles. The molecule has 49 heavy (non-hydrogen) atoms. The van der Waals surface area contributed by atoms with Crippen LogP contribution in [0.1, 0.15) is 0 Å². The van der Waals surface area contributed by atoms with Gasteiger partial charge in [0, 0.05) is 43.8 Å². The van der Waals surface area contributed by atoms with Crippen molar-refractivity contribution >= 4 is 76.4 Å². The van der Waals surface area contributed by atoms with Gasteiger partial charge in [-0.05, 0) is 51.4 Å². The summed E-state index contributed by atoms with van der Waals surface area (Å²) >= 11 is 0. The van der Waals surface area contributed by atoms with Crippen molar-refractivity contribution in [3.05, 3.63) is 158 Å². The van der Waals surface area contributed by atoms with Crippen LogP contribution in [0.2, 0.25) is 0 Å². The Morgan fingerprint density at radius 3 is 1.57 bits per heavy atom. The molecule has 0 N–H and O–H groups in total. The number of benzene rings is 8. The molecular formula is C46H26O3. The van der Waals surface area contributed by atoms with Crippen LogP contribution < -0.4 is 0 Å². The van der Waals surface area contributed by atoms with Crippen LogP contribution in [0.5, 0.6) is 0 Å². The van der Waals surface area contributed by atoms with E-state index in [0.29, 0.717) is 0 Å². The van der Waals surface area contributed by atoms with E-state index < -0.39 is 0 Å². The normalized spacial score (nSPS) is 12.1. The second-order valence-electron chi connectivity index (χ2n) is 12.7. The van der Waals surface area contributed by atoms with Crippen molar-refractivity contribution < 1.29 is 13.3 Å². The molecule has 3 heterocycles. The van der Waals surface area contributed by atoms with Gasteiger partial charge in [-0.25, -0.2) is 0 Å². The maximum absolute atomic E-state index is 7.21. The Morgan fingerprint density at radius 2 is 0.857 bits per heavy atom. The third-order valence-electron chi connectivity index (χ3n) is 10.1. The van der Waals surface area contributed by atoms with Gasteiger partial charge in [-0.1, -0.05) is 133 Å². The summed E-state index contributed by atoms with van der Waals surface area (Å²) in [7, 11) is 0. The van der Waals surface area contributed by atoms with Crippen molar-refractivity contribution in [2.45, 2.75) is 0 Å². The first-order chi connectivity index (χ1) is 24.3. The van der Waals surface area contributed by atoms with Crippen LogP contribution in [0, 0.1) is 0 Å². The molecular weight excluding hydrogens is 601 g/mol. The van der Waals surface area contributed by atoms with Crippen molar-refractivity contribution in [2.24, 2.45) is 0 Å². The SMILES string of the molecule is c1ccc(-c2c(-c3c4ccccc4c(-c4cccc5c4oc4ccccc45)c4ccccc34)oc3c2ccc2oc4ccccc4c23)cc1. The summed E-state index contributed by atoms with van der Waals surface area (Å²) in [5, 5.41) is 9.87. The van der Waals surface area contributed by atoms with Gasteiger partial charge in [0.1, 0.15) is 33.7 Å². The van der Waals surface area contributed by atoms with E-state index in [1.165, 1.54) is 0 Å². The molecule has 0 aliphatic carbocycles. The summed E-state index contributed by atoms with van der Waals surface area (Å²) in [5.74, 6) is 0.847. The Kier molecular flexibility index (Phi) is 5.38. The molecule has 0 aliphatic rings. The maximum Gasteiger partial charge on any atom is 0.147 e. The molecule has 0 amide bonds. The molecule has 8 aromatic carbocycles. The minimum Gasteiger partial charge on any atom is -0.456 e. The highest BCUT2D eigenvalue weighted by atomic mass is 16.3. The standard InChI is InChI=1S/C46H26O3/c1-2-13-27(14-3-1)40-36-25-26-39-43(34-20-9-11-24-38(34)47-39)45(36)49-46(40)42-31-18-6-4-16-29(31)41(30-17-5-7-19-32(30)42)35-22-12-21-33-28-15-8-10-23-37(28)48-44(33)35/h1-26H. The molecule has 11 aromatic rings. The lowest BCUT2D eigenvalue weighted by Crippen LogP contribution is -1.91. The fourth-order valence-electron chi connectivity index (χ4n) is 8.04. The summed E-state index contributed by atoms with van der Waals surface area (Å²) in [4.78, 5) is 0. The molecule has 0 unspecified atom stereocenters. The van der Waals surface area contributed by atoms with E-state index in [4.69, 9.17) is 13.3 Å². The van der Waals surface area contributed by atoms with Gasteiger partial charge < -0.3 is 13.3 Å². The zero-order chi connectivity index (χ0) is 32.1. The fraction of sp³-hybridized carbons (Fsp3) is 0. The van der Waals surface area contributed by atoms with Crippen molar-refractivity contribution in [3.8, 4) is 33.6 Å². The summed E-state index contributed by atoms with van der Waals surface area (Å²) in [6, 6.07) is 55.2. The number of para-hydroxylation sites is 3. The second-order valence-corrected chi connectivity index (χ2v) is 12.7. The Labute approximate surface area is 280 Å². The monoisotopic (exact) mass is 626 g/mol. The third-order valence-corrected chi connectivity index (χ3v) is 10.1. The summed E-state index contributed by atoms with van der Waals surface area (Å²) in [6.07, 6.45) is 0. The first kappa shape index (κ1) is 26.5. The summed E-state index contributed by atoms with van der Waals surface area (Å²) in [5.41, 5.74) is 9.77. The number of hydrogen-bond acceptors (Lipinski definition) is 3. The topological polar surface area (TPSA) is 39.4 Å². The molecule has 0 bridgehead atoms. The molecule has 228 valence electrons. The lowest BCUT2D eigenvalue weighted by atomic mass is 9.85. The Bertz CT molecular complexity index is 3040. The second kappa shape index (κ2) is 9.96. The molecule has 0 radical (unpaired) electrons. The van der Waals surface area contributed by atoms with Gasteiger partial charge in [-0.3, -0.25) is 0 Å². The Hall–Kier alpha value is -6.58. The van der Waals surface area contributed by atoms with E-state index in [1.54, 1.807) is 0 Å². The third kappa shape index (κ3) is 3.67. The predicted octanol–water partition coefficient (Wildman–Crippen LogP) is 13.5. The van der Waals surface area contributed by atoms with Crippen LogP contribution in [0.15, 0.2) is 171 Å². The van der Waals surface area contributed by atoms with E-state index in [2.05, 4.69) is 133 Å². The molecule has 3 nitrogen and oxygen atoms in total. The van der Waals surface area contributed by atoms with E-state index >= 15 is 0 Å². The van der Waals surface area contributed by atoms with E-state index in [1.807, 2.05) is 24.3 Å². The lowest BCUT2D eigenvalue weighted by Gasteiger charge is -2.17. The minimum absolute atomic E-state index is 0.817. The van der Waals surface area contributed by atoms with Crippen LogP contribution in [0.3, 0.4) is 0 Å². The average Bonchev–Trinajstić information content (AvgIpc) is 3.85. The quantitative estimate of drug-likeness (QED) is 0.183. The molecule has 11 rings (SSSR count). The van der Waals surface area contributed by atoms with Crippen LogP contribution in [0.25, 0.3) is 110 Å².